The highest BCUT2D eigenvalue weighted by Crippen LogP contribution is 2.23. The van der Waals surface area contributed by atoms with E-state index in [0.29, 0.717) is 10.2 Å². The quantitative estimate of drug-likeness (QED) is 0.669. The molecule has 0 amide bonds. The summed E-state index contributed by atoms with van der Waals surface area (Å²) >= 11 is 3.09. The molecule has 0 spiro atoms. The summed E-state index contributed by atoms with van der Waals surface area (Å²) in [7, 11) is 0. The average Bonchev–Trinajstić information content (AvgIpc) is 2.15. The first-order valence-corrected chi connectivity index (χ1v) is 2.97. The third-order valence-electron chi connectivity index (χ3n) is 0.884. The van der Waals surface area contributed by atoms with Crippen LogP contribution in [0.1, 0.15) is 5.76 Å². The Labute approximate surface area is 60.2 Å². The molecule has 0 aliphatic rings. The van der Waals surface area contributed by atoms with Crippen molar-refractivity contribution in [3.63, 3.8) is 0 Å². The molecule has 0 radical (unpaired) electrons. The van der Waals surface area contributed by atoms with Crippen molar-refractivity contribution in [1.29, 1.82) is 5.26 Å². The smallest absolute Gasteiger partial charge is 0.227 e. The van der Waals surface area contributed by atoms with Gasteiger partial charge in [0.15, 0.2) is 0 Å². The zero-order valence-corrected chi connectivity index (χ0v) is 5.97. The summed E-state index contributed by atoms with van der Waals surface area (Å²) in [6, 6.07) is 1.79. The van der Waals surface area contributed by atoms with Gasteiger partial charge >= 0.3 is 0 Å². The van der Waals surface area contributed by atoms with Gasteiger partial charge in [-0.05, 0) is 15.9 Å². The molecule has 1 aromatic rings. The predicted molar refractivity (Wildman–Crippen MR) is 35.5 cm³/mol. The molecule has 1 heterocycles. The summed E-state index contributed by atoms with van der Waals surface area (Å²) in [5.41, 5.74) is 5.71. The fourth-order valence-corrected chi connectivity index (χ4v) is 0.706. The highest BCUT2D eigenvalue weighted by atomic mass is 79.9. The van der Waals surface area contributed by atoms with Crippen LogP contribution in [0.3, 0.4) is 0 Å². The van der Waals surface area contributed by atoms with Crippen LogP contribution < -0.4 is 5.73 Å². The Hall–Kier alpha value is -0.950. The number of rotatable bonds is 0. The number of anilines is 1. The molecule has 0 unspecified atom stereocenters. The van der Waals surface area contributed by atoms with Crippen molar-refractivity contribution in [2.24, 2.45) is 0 Å². The van der Waals surface area contributed by atoms with Crippen LogP contribution in [0.4, 0.5) is 5.69 Å². The van der Waals surface area contributed by atoms with Gasteiger partial charge in [0.25, 0.3) is 0 Å². The topological polar surface area (TPSA) is 63.0 Å². The molecule has 9 heavy (non-hydrogen) atoms. The molecule has 3 nitrogen and oxygen atoms in total. The number of nitrogens with two attached hydrogens (primary N) is 1. The molecule has 0 saturated carbocycles. The highest BCUT2D eigenvalue weighted by molar-refractivity contribution is 9.10. The van der Waals surface area contributed by atoms with E-state index in [2.05, 4.69) is 15.9 Å². The maximum Gasteiger partial charge on any atom is 0.227 e. The first-order chi connectivity index (χ1) is 4.25. The van der Waals surface area contributed by atoms with Crippen LogP contribution in [-0.4, -0.2) is 0 Å². The molecule has 4 heteroatoms. The summed E-state index contributed by atoms with van der Waals surface area (Å²) in [5, 5.41) is 8.29. The third kappa shape index (κ3) is 0.911. The Kier molecular flexibility index (Phi) is 1.45. The molecule has 2 N–H and O–H groups in total. The van der Waals surface area contributed by atoms with E-state index in [9.17, 15) is 0 Å². The van der Waals surface area contributed by atoms with Gasteiger partial charge in [-0.1, -0.05) is 0 Å². The molecule has 0 aliphatic carbocycles. The SMILES string of the molecule is N#Cc1occ(Br)c1N. The molecule has 0 fully saturated rings. The molecule has 0 aromatic carbocycles. The van der Waals surface area contributed by atoms with Gasteiger partial charge in [-0.3, -0.25) is 0 Å². The lowest BCUT2D eigenvalue weighted by molar-refractivity contribution is 0.552. The predicted octanol–water partition coefficient (Wildman–Crippen LogP) is 1.50. The number of furan rings is 1. The maximum absolute atomic E-state index is 8.29. The molecule has 0 saturated heterocycles. The van der Waals surface area contributed by atoms with Gasteiger partial charge in [-0.25, -0.2) is 0 Å². The number of hydrogen-bond donors (Lipinski definition) is 1. The Bertz CT molecular complexity index is 260. The van der Waals surface area contributed by atoms with Crippen LogP contribution in [0.5, 0.6) is 0 Å². The Morgan fingerprint density at radius 1 is 1.78 bits per heavy atom. The molecule has 0 bridgehead atoms. The summed E-state index contributed by atoms with van der Waals surface area (Å²) < 4.78 is 5.34. The lowest BCUT2D eigenvalue weighted by Gasteiger charge is -1.81. The lowest BCUT2D eigenvalue weighted by atomic mass is 10.4. The fraction of sp³-hybridized carbons (Fsp3) is 0. The number of nitriles is 1. The van der Waals surface area contributed by atoms with E-state index < -0.39 is 0 Å². The largest absolute Gasteiger partial charge is 0.450 e. The first-order valence-electron chi connectivity index (χ1n) is 2.18. The second kappa shape index (κ2) is 2.11. The van der Waals surface area contributed by atoms with Crippen molar-refractivity contribution in [2.75, 3.05) is 5.73 Å². The highest BCUT2D eigenvalue weighted by Gasteiger charge is 2.05. The molecular formula is C5H3BrN2O. The van der Waals surface area contributed by atoms with Crippen LogP contribution in [0.2, 0.25) is 0 Å². The van der Waals surface area contributed by atoms with Gasteiger partial charge in [-0.2, -0.15) is 5.26 Å². The Morgan fingerprint density at radius 3 is 2.67 bits per heavy atom. The minimum Gasteiger partial charge on any atom is -0.450 e. The maximum atomic E-state index is 8.29. The van der Waals surface area contributed by atoms with Crippen molar-refractivity contribution in [2.45, 2.75) is 0 Å². The molecule has 1 rings (SSSR count). The zero-order chi connectivity index (χ0) is 6.85. The van der Waals surface area contributed by atoms with Crippen LogP contribution in [-0.2, 0) is 0 Å². The summed E-state index contributed by atoms with van der Waals surface area (Å²) in [6.07, 6.45) is 1.38. The minimum atomic E-state index is 0.155. The molecule has 0 aliphatic heterocycles. The lowest BCUT2D eigenvalue weighted by Crippen LogP contribution is -1.84. The minimum absolute atomic E-state index is 0.155. The second-order valence-corrected chi connectivity index (χ2v) is 2.29. The van der Waals surface area contributed by atoms with Gasteiger partial charge < -0.3 is 10.2 Å². The van der Waals surface area contributed by atoms with Crippen molar-refractivity contribution >= 4 is 21.6 Å². The van der Waals surface area contributed by atoms with Crippen LogP contribution in [0.15, 0.2) is 15.2 Å². The molecular weight excluding hydrogens is 184 g/mol. The molecule has 1 aromatic heterocycles. The van der Waals surface area contributed by atoms with Crippen LogP contribution >= 0.6 is 15.9 Å². The fourth-order valence-electron chi connectivity index (χ4n) is 0.433. The van der Waals surface area contributed by atoms with E-state index >= 15 is 0 Å². The number of halogens is 1. The van der Waals surface area contributed by atoms with Gasteiger partial charge in [0.05, 0.1) is 4.47 Å². The van der Waals surface area contributed by atoms with Crippen LogP contribution in [0.25, 0.3) is 0 Å². The summed E-state index contributed by atoms with van der Waals surface area (Å²) in [5.74, 6) is 0.155. The monoisotopic (exact) mass is 186 g/mol. The number of nitrogens with zero attached hydrogens (tertiary/aromatic N) is 1. The Balaban J connectivity index is 3.24. The molecule has 0 atom stereocenters. The van der Waals surface area contributed by atoms with Crippen molar-refractivity contribution in [1.82, 2.24) is 0 Å². The van der Waals surface area contributed by atoms with Gasteiger partial charge in [0.1, 0.15) is 18.0 Å². The van der Waals surface area contributed by atoms with Gasteiger partial charge in [0, 0.05) is 0 Å². The average molecular weight is 187 g/mol. The Morgan fingerprint density at radius 2 is 2.44 bits per heavy atom. The normalized spacial score (nSPS) is 8.89. The third-order valence-corrected chi connectivity index (χ3v) is 1.50. The number of hydrogen-bond acceptors (Lipinski definition) is 3. The van der Waals surface area contributed by atoms with Crippen molar-refractivity contribution < 1.29 is 4.42 Å². The van der Waals surface area contributed by atoms with E-state index in [4.69, 9.17) is 15.4 Å². The number of nitrogen functional groups attached to an aromatic ring is 1. The first kappa shape index (κ1) is 6.17. The van der Waals surface area contributed by atoms with E-state index in [1.807, 2.05) is 0 Å². The van der Waals surface area contributed by atoms with Gasteiger partial charge in [0.2, 0.25) is 5.76 Å². The van der Waals surface area contributed by atoms with Crippen molar-refractivity contribution in [3.05, 3.63) is 16.5 Å². The van der Waals surface area contributed by atoms with E-state index in [0.717, 1.165) is 0 Å². The molecule has 46 valence electrons. The zero-order valence-electron chi connectivity index (χ0n) is 4.39. The van der Waals surface area contributed by atoms with E-state index in [-0.39, 0.29) is 5.76 Å². The van der Waals surface area contributed by atoms with Gasteiger partial charge in [-0.15, -0.1) is 0 Å². The van der Waals surface area contributed by atoms with Crippen LogP contribution in [0, 0.1) is 11.3 Å². The summed E-state index contributed by atoms with van der Waals surface area (Å²) in [6.45, 7) is 0. The standard InChI is InChI=1S/C5H3BrN2O/c6-3-2-9-4(1-7)5(3)8/h2H,8H2. The second-order valence-electron chi connectivity index (χ2n) is 1.44. The van der Waals surface area contributed by atoms with E-state index in [1.54, 1.807) is 6.07 Å². The van der Waals surface area contributed by atoms with Crippen molar-refractivity contribution in [3.8, 4) is 6.07 Å². The summed E-state index contributed by atoms with van der Waals surface area (Å²) in [4.78, 5) is 0. The van der Waals surface area contributed by atoms with E-state index in [1.165, 1.54) is 6.26 Å².